The molecule has 1 aliphatic carbocycles. The van der Waals surface area contributed by atoms with Crippen molar-refractivity contribution in [1.29, 1.82) is 0 Å². The molecule has 0 amide bonds. The summed E-state index contributed by atoms with van der Waals surface area (Å²) < 4.78 is 5.64. The van der Waals surface area contributed by atoms with Crippen LogP contribution in [-0.4, -0.2) is 25.8 Å². The van der Waals surface area contributed by atoms with Crippen LogP contribution in [0, 0.1) is 5.92 Å². The minimum Gasteiger partial charge on any atom is -0.377 e. The second-order valence-corrected chi connectivity index (χ2v) is 4.42. The molecule has 1 unspecified atom stereocenters. The van der Waals surface area contributed by atoms with Gasteiger partial charge in [-0.1, -0.05) is 12.8 Å². The van der Waals surface area contributed by atoms with Crippen LogP contribution in [0.2, 0.25) is 0 Å². The number of rotatable bonds is 5. The van der Waals surface area contributed by atoms with E-state index in [1.807, 2.05) is 0 Å². The SMILES string of the molecule is C1CCC(CNCCC2CC2)OC1. The summed E-state index contributed by atoms with van der Waals surface area (Å²) >= 11 is 0. The molecule has 2 heteroatoms. The lowest BCUT2D eigenvalue weighted by atomic mass is 10.1. The van der Waals surface area contributed by atoms with Crippen LogP contribution in [-0.2, 0) is 4.74 Å². The van der Waals surface area contributed by atoms with E-state index in [4.69, 9.17) is 4.74 Å². The van der Waals surface area contributed by atoms with Gasteiger partial charge in [0.25, 0.3) is 0 Å². The first kappa shape index (κ1) is 9.47. The number of nitrogens with one attached hydrogen (secondary N) is 1. The van der Waals surface area contributed by atoms with Crippen molar-refractivity contribution in [3.05, 3.63) is 0 Å². The molecule has 1 saturated carbocycles. The van der Waals surface area contributed by atoms with Crippen LogP contribution in [0.5, 0.6) is 0 Å². The van der Waals surface area contributed by atoms with Gasteiger partial charge in [0.1, 0.15) is 0 Å². The summed E-state index contributed by atoms with van der Waals surface area (Å²) in [7, 11) is 0. The summed E-state index contributed by atoms with van der Waals surface area (Å²) in [5, 5.41) is 3.50. The molecule has 13 heavy (non-hydrogen) atoms. The fourth-order valence-corrected chi connectivity index (χ4v) is 1.94. The second kappa shape index (κ2) is 4.97. The maximum Gasteiger partial charge on any atom is 0.0699 e. The van der Waals surface area contributed by atoms with E-state index >= 15 is 0 Å². The van der Waals surface area contributed by atoms with E-state index in [-0.39, 0.29) is 0 Å². The zero-order chi connectivity index (χ0) is 8.93. The lowest BCUT2D eigenvalue weighted by molar-refractivity contribution is 0.0170. The van der Waals surface area contributed by atoms with E-state index in [1.54, 1.807) is 0 Å². The van der Waals surface area contributed by atoms with Crippen LogP contribution in [0.1, 0.15) is 38.5 Å². The maximum atomic E-state index is 5.64. The van der Waals surface area contributed by atoms with Crippen molar-refractivity contribution in [2.45, 2.75) is 44.6 Å². The Labute approximate surface area is 81.0 Å². The summed E-state index contributed by atoms with van der Waals surface area (Å²) in [6, 6.07) is 0. The monoisotopic (exact) mass is 183 g/mol. The highest BCUT2D eigenvalue weighted by molar-refractivity contribution is 4.74. The van der Waals surface area contributed by atoms with Crippen LogP contribution < -0.4 is 5.32 Å². The molecule has 2 nitrogen and oxygen atoms in total. The fraction of sp³-hybridized carbons (Fsp3) is 1.00. The van der Waals surface area contributed by atoms with Crippen molar-refractivity contribution >= 4 is 0 Å². The van der Waals surface area contributed by atoms with Gasteiger partial charge in [-0.15, -0.1) is 0 Å². The van der Waals surface area contributed by atoms with Crippen molar-refractivity contribution in [3.63, 3.8) is 0 Å². The highest BCUT2D eigenvalue weighted by Gasteiger charge is 2.20. The average molecular weight is 183 g/mol. The Bertz CT molecular complexity index is 139. The summed E-state index contributed by atoms with van der Waals surface area (Å²) in [5.74, 6) is 1.06. The third-order valence-electron chi connectivity index (χ3n) is 3.07. The van der Waals surface area contributed by atoms with Gasteiger partial charge in [0, 0.05) is 13.2 Å². The smallest absolute Gasteiger partial charge is 0.0699 e. The quantitative estimate of drug-likeness (QED) is 0.658. The highest BCUT2D eigenvalue weighted by atomic mass is 16.5. The molecule has 1 atom stereocenters. The summed E-state index contributed by atoms with van der Waals surface area (Å²) in [4.78, 5) is 0. The van der Waals surface area contributed by atoms with E-state index < -0.39 is 0 Å². The minimum absolute atomic E-state index is 0.507. The van der Waals surface area contributed by atoms with Crippen LogP contribution in [0.4, 0.5) is 0 Å². The number of hydrogen-bond donors (Lipinski definition) is 1. The van der Waals surface area contributed by atoms with Crippen molar-refractivity contribution in [2.24, 2.45) is 5.92 Å². The van der Waals surface area contributed by atoms with Gasteiger partial charge in [0.2, 0.25) is 0 Å². The third kappa shape index (κ3) is 3.65. The van der Waals surface area contributed by atoms with Crippen LogP contribution in [0.3, 0.4) is 0 Å². The van der Waals surface area contributed by atoms with Gasteiger partial charge in [-0.25, -0.2) is 0 Å². The van der Waals surface area contributed by atoms with Gasteiger partial charge in [0.05, 0.1) is 6.10 Å². The lowest BCUT2D eigenvalue weighted by Gasteiger charge is -2.22. The third-order valence-corrected chi connectivity index (χ3v) is 3.07. The molecule has 2 rings (SSSR count). The van der Waals surface area contributed by atoms with E-state index in [1.165, 1.54) is 45.1 Å². The van der Waals surface area contributed by atoms with Crippen molar-refractivity contribution in [3.8, 4) is 0 Å². The standard InChI is InChI=1S/C11H21NO/c1-2-8-13-11(3-1)9-12-7-6-10-4-5-10/h10-12H,1-9H2. The molecule has 0 radical (unpaired) electrons. The zero-order valence-corrected chi connectivity index (χ0v) is 8.43. The number of ether oxygens (including phenoxy) is 1. The first-order chi connectivity index (χ1) is 6.45. The van der Waals surface area contributed by atoms with Gasteiger partial charge in [0.15, 0.2) is 0 Å². The summed E-state index contributed by atoms with van der Waals surface area (Å²) in [6.07, 6.45) is 8.72. The van der Waals surface area contributed by atoms with Crippen molar-refractivity contribution < 1.29 is 4.74 Å². The topological polar surface area (TPSA) is 21.3 Å². The van der Waals surface area contributed by atoms with Crippen molar-refractivity contribution in [1.82, 2.24) is 5.32 Å². The molecule has 0 aromatic rings. The molecule has 1 saturated heterocycles. The van der Waals surface area contributed by atoms with Crippen LogP contribution in [0.15, 0.2) is 0 Å². The Morgan fingerprint density at radius 2 is 2.08 bits per heavy atom. The van der Waals surface area contributed by atoms with Gasteiger partial charge < -0.3 is 10.1 Å². The predicted octanol–water partition coefficient (Wildman–Crippen LogP) is 1.95. The molecule has 0 aromatic heterocycles. The van der Waals surface area contributed by atoms with E-state index in [0.717, 1.165) is 19.1 Å². The Morgan fingerprint density at radius 3 is 2.77 bits per heavy atom. The maximum absolute atomic E-state index is 5.64. The molecule has 0 aromatic carbocycles. The first-order valence-corrected chi connectivity index (χ1v) is 5.77. The van der Waals surface area contributed by atoms with Crippen molar-refractivity contribution in [2.75, 3.05) is 19.7 Å². The molecule has 1 heterocycles. The Balaban J connectivity index is 1.46. The molecule has 0 spiro atoms. The average Bonchev–Trinajstić information content (AvgIpc) is 2.98. The molecular formula is C11H21NO. The number of hydrogen-bond acceptors (Lipinski definition) is 2. The highest BCUT2D eigenvalue weighted by Crippen LogP contribution is 2.31. The molecule has 2 fully saturated rings. The molecule has 1 aliphatic heterocycles. The largest absolute Gasteiger partial charge is 0.377 e. The van der Waals surface area contributed by atoms with E-state index in [9.17, 15) is 0 Å². The molecule has 0 bridgehead atoms. The van der Waals surface area contributed by atoms with Gasteiger partial charge in [-0.05, 0) is 38.1 Å². The van der Waals surface area contributed by atoms with Crippen LogP contribution in [0.25, 0.3) is 0 Å². The molecule has 1 N–H and O–H groups in total. The van der Waals surface area contributed by atoms with E-state index in [0.29, 0.717) is 6.10 Å². The Hall–Kier alpha value is -0.0800. The Morgan fingerprint density at radius 1 is 1.15 bits per heavy atom. The minimum atomic E-state index is 0.507. The lowest BCUT2D eigenvalue weighted by Crippen LogP contribution is -2.32. The molecule has 2 aliphatic rings. The Kier molecular flexibility index (Phi) is 3.62. The van der Waals surface area contributed by atoms with Gasteiger partial charge in [-0.3, -0.25) is 0 Å². The molecule has 76 valence electrons. The zero-order valence-electron chi connectivity index (χ0n) is 8.43. The van der Waals surface area contributed by atoms with E-state index in [2.05, 4.69) is 5.32 Å². The van der Waals surface area contributed by atoms with Gasteiger partial charge >= 0.3 is 0 Å². The summed E-state index contributed by atoms with van der Waals surface area (Å²) in [6.45, 7) is 3.26. The fourth-order valence-electron chi connectivity index (χ4n) is 1.94. The normalized spacial score (nSPS) is 29.1. The second-order valence-electron chi connectivity index (χ2n) is 4.42. The van der Waals surface area contributed by atoms with Crippen LogP contribution >= 0.6 is 0 Å². The first-order valence-electron chi connectivity index (χ1n) is 5.77. The summed E-state index contributed by atoms with van der Waals surface area (Å²) in [5.41, 5.74) is 0. The molecular weight excluding hydrogens is 162 g/mol. The predicted molar refractivity (Wildman–Crippen MR) is 53.8 cm³/mol. The van der Waals surface area contributed by atoms with Gasteiger partial charge in [-0.2, -0.15) is 0 Å².